The summed E-state index contributed by atoms with van der Waals surface area (Å²) in [5, 5.41) is 10.6. The molecule has 21 heavy (non-hydrogen) atoms. The molecule has 0 amide bonds. The first-order chi connectivity index (χ1) is 9.69. The summed E-state index contributed by atoms with van der Waals surface area (Å²) < 4.78 is 23.0. The third kappa shape index (κ3) is 3.04. The first kappa shape index (κ1) is 14.6. The lowest BCUT2D eigenvalue weighted by Gasteiger charge is -2.29. The van der Waals surface area contributed by atoms with Crippen LogP contribution in [0.1, 0.15) is 19.4 Å². The zero-order valence-corrected chi connectivity index (χ0v) is 11.1. The first-order valence-corrected chi connectivity index (χ1v) is 5.82. The fourth-order valence-corrected chi connectivity index (χ4v) is 1.70. The number of hydrogen-bond acceptors (Lipinski definition) is 6. The van der Waals surface area contributed by atoms with Gasteiger partial charge in [0.1, 0.15) is 5.57 Å². The van der Waals surface area contributed by atoms with Crippen LogP contribution < -0.4 is 0 Å². The highest BCUT2D eigenvalue weighted by Gasteiger charge is 2.38. The van der Waals surface area contributed by atoms with Crippen molar-refractivity contribution < 1.29 is 28.4 Å². The van der Waals surface area contributed by atoms with Gasteiger partial charge < -0.3 is 9.47 Å². The monoisotopic (exact) mass is 295 g/mol. The summed E-state index contributed by atoms with van der Waals surface area (Å²) in [6, 6.07) is 2.96. The maximum Gasteiger partial charge on any atom is 0.348 e. The van der Waals surface area contributed by atoms with Crippen molar-refractivity contribution in [3.05, 3.63) is 45.3 Å². The van der Waals surface area contributed by atoms with Crippen LogP contribution in [-0.4, -0.2) is 22.6 Å². The highest BCUT2D eigenvalue weighted by atomic mass is 19.1. The Kier molecular flexibility index (Phi) is 3.46. The molecule has 1 aliphatic heterocycles. The molecule has 1 aromatic rings. The maximum atomic E-state index is 13.2. The molecule has 8 heteroatoms. The van der Waals surface area contributed by atoms with Gasteiger partial charge in [0.25, 0.3) is 5.79 Å². The van der Waals surface area contributed by atoms with Gasteiger partial charge in [-0.15, -0.1) is 0 Å². The van der Waals surface area contributed by atoms with Crippen LogP contribution in [0.3, 0.4) is 0 Å². The molecule has 0 bridgehead atoms. The summed E-state index contributed by atoms with van der Waals surface area (Å²) in [6.45, 7) is 2.78. The Morgan fingerprint density at radius 1 is 1.24 bits per heavy atom. The number of esters is 2. The second kappa shape index (κ2) is 4.97. The van der Waals surface area contributed by atoms with Crippen molar-refractivity contribution in [1.29, 1.82) is 0 Å². The van der Waals surface area contributed by atoms with E-state index in [0.29, 0.717) is 0 Å². The van der Waals surface area contributed by atoms with Gasteiger partial charge in [-0.3, -0.25) is 10.1 Å². The quantitative estimate of drug-likeness (QED) is 0.272. The van der Waals surface area contributed by atoms with E-state index in [4.69, 9.17) is 9.47 Å². The molecule has 1 aromatic carbocycles. The van der Waals surface area contributed by atoms with Crippen LogP contribution in [0.25, 0.3) is 6.08 Å². The third-order valence-corrected chi connectivity index (χ3v) is 2.59. The van der Waals surface area contributed by atoms with Gasteiger partial charge in [0.05, 0.1) is 4.92 Å². The zero-order valence-electron chi connectivity index (χ0n) is 11.1. The van der Waals surface area contributed by atoms with Crippen LogP contribution in [0.5, 0.6) is 0 Å². The Hall–Kier alpha value is -2.77. The number of hydrogen-bond donors (Lipinski definition) is 0. The van der Waals surface area contributed by atoms with Crippen molar-refractivity contribution in [2.75, 3.05) is 0 Å². The maximum absolute atomic E-state index is 13.2. The lowest BCUT2D eigenvalue weighted by molar-refractivity contribution is -0.387. The number of nitrogens with zero attached hydrogens (tertiary/aromatic N) is 1. The number of rotatable bonds is 2. The minimum atomic E-state index is -1.37. The molecule has 0 N–H and O–H groups in total. The van der Waals surface area contributed by atoms with Crippen molar-refractivity contribution in [3.8, 4) is 0 Å². The van der Waals surface area contributed by atoms with Gasteiger partial charge in [-0.05, 0) is 17.7 Å². The third-order valence-electron chi connectivity index (χ3n) is 2.59. The minimum Gasteiger partial charge on any atom is -0.419 e. The lowest BCUT2D eigenvalue weighted by atomic mass is 10.1. The SMILES string of the molecule is CC1(C)OC(=O)C(=Cc2ccc(F)c([N+](=O)[O-])c2)C(=O)O1. The van der Waals surface area contributed by atoms with E-state index >= 15 is 0 Å². The summed E-state index contributed by atoms with van der Waals surface area (Å²) in [7, 11) is 0. The molecule has 0 radical (unpaired) electrons. The van der Waals surface area contributed by atoms with Gasteiger partial charge >= 0.3 is 17.6 Å². The van der Waals surface area contributed by atoms with Crippen molar-refractivity contribution >= 4 is 23.7 Å². The summed E-state index contributed by atoms with van der Waals surface area (Å²) in [5.74, 6) is -4.22. The van der Waals surface area contributed by atoms with E-state index in [1.165, 1.54) is 19.9 Å². The number of halogens is 1. The normalized spacial score (nSPS) is 17.0. The highest BCUT2D eigenvalue weighted by Crippen LogP contribution is 2.25. The van der Waals surface area contributed by atoms with E-state index in [0.717, 1.165) is 18.2 Å². The Labute approximate surface area is 118 Å². The van der Waals surface area contributed by atoms with E-state index in [9.17, 15) is 24.1 Å². The summed E-state index contributed by atoms with van der Waals surface area (Å²) in [5.41, 5.74) is -1.08. The Balaban J connectivity index is 2.40. The summed E-state index contributed by atoms with van der Waals surface area (Å²) >= 11 is 0. The molecule has 0 aliphatic carbocycles. The number of carbonyl (C=O) groups is 2. The number of carbonyl (C=O) groups excluding carboxylic acids is 2. The molecule has 110 valence electrons. The van der Waals surface area contributed by atoms with E-state index in [-0.39, 0.29) is 5.56 Å². The largest absolute Gasteiger partial charge is 0.419 e. The number of ether oxygens (including phenoxy) is 2. The van der Waals surface area contributed by atoms with Crippen LogP contribution in [0, 0.1) is 15.9 Å². The Bertz CT molecular complexity index is 657. The van der Waals surface area contributed by atoms with Gasteiger partial charge in [0, 0.05) is 19.9 Å². The molecule has 0 unspecified atom stereocenters. The predicted octanol–water partition coefficient (Wildman–Crippen LogP) is 1.95. The van der Waals surface area contributed by atoms with Gasteiger partial charge in [-0.2, -0.15) is 4.39 Å². The number of benzene rings is 1. The van der Waals surface area contributed by atoms with Gasteiger partial charge in [-0.25, -0.2) is 9.59 Å². The summed E-state index contributed by atoms with van der Waals surface area (Å²) in [6.07, 6.45) is 1.05. The average Bonchev–Trinajstić information content (AvgIpc) is 2.34. The van der Waals surface area contributed by atoms with Crippen LogP contribution in [-0.2, 0) is 19.1 Å². The standard InChI is InChI=1S/C13H10FNO6/c1-13(2)20-11(16)8(12(17)21-13)5-7-3-4-9(14)10(6-7)15(18)19/h3-6H,1-2H3. The molecule has 0 atom stereocenters. The molecule has 1 heterocycles. The second-order valence-corrected chi connectivity index (χ2v) is 4.70. The molecule has 1 saturated heterocycles. The van der Waals surface area contributed by atoms with Gasteiger partial charge in [0.15, 0.2) is 0 Å². The van der Waals surface area contributed by atoms with Crippen molar-refractivity contribution in [2.24, 2.45) is 0 Å². The topological polar surface area (TPSA) is 95.7 Å². The second-order valence-electron chi connectivity index (χ2n) is 4.70. The Morgan fingerprint density at radius 3 is 2.33 bits per heavy atom. The molecule has 0 spiro atoms. The van der Waals surface area contributed by atoms with E-state index < -0.39 is 39.7 Å². The average molecular weight is 295 g/mol. The fourth-order valence-electron chi connectivity index (χ4n) is 1.70. The molecule has 0 aromatic heterocycles. The Morgan fingerprint density at radius 2 is 1.81 bits per heavy atom. The first-order valence-electron chi connectivity index (χ1n) is 5.82. The molecule has 7 nitrogen and oxygen atoms in total. The molecule has 0 saturated carbocycles. The molecule has 2 rings (SSSR count). The van der Waals surface area contributed by atoms with Crippen LogP contribution in [0.2, 0.25) is 0 Å². The molecular formula is C13H10FNO6. The van der Waals surface area contributed by atoms with Crippen LogP contribution in [0.15, 0.2) is 23.8 Å². The zero-order chi connectivity index (χ0) is 15.8. The van der Waals surface area contributed by atoms with Gasteiger partial charge in [0.2, 0.25) is 5.82 Å². The molecular weight excluding hydrogens is 285 g/mol. The van der Waals surface area contributed by atoms with Crippen molar-refractivity contribution in [1.82, 2.24) is 0 Å². The van der Waals surface area contributed by atoms with Gasteiger partial charge in [-0.1, -0.05) is 6.07 Å². The molecule has 1 fully saturated rings. The number of nitro groups is 1. The van der Waals surface area contributed by atoms with E-state index in [1.807, 2.05) is 0 Å². The minimum absolute atomic E-state index is 0.103. The van der Waals surface area contributed by atoms with E-state index in [2.05, 4.69) is 0 Å². The summed E-state index contributed by atoms with van der Waals surface area (Å²) in [4.78, 5) is 33.2. The lowest BCUT2D eigenvalue weighted by Crippen LogP contribution is -2.41. The predicted molar refractivity (Wildman–Crippen MR) is 67.3 cm³/mol. The van der Waals surface area contributed by atoms with Crippen molar-refractivity contribution in [3.63, 3.8) is 0 Å². The fraction of sp³-hybridized carbons (Fsp3) is 0.231. The molecule has 1 aliphatic rings. The van der Waals surface area contributed by atoms with E-state index in [1.54, 1.807) is 0 Å². The highest BCUT2D eigenvalue weighted by molar-refractivity contribution is 6.18. The number of nitro benzene ring substituents is 1. The van der Waals surface area contributed by atoms with Crippen LogP contribution >= 0.6 is 0 Å². The van der Waals surface area contributed by atoms with Crippen molar-refractivity contribution in [2.45, 2.75) is 19.6 Å². The smallest absolute Gasteiger partial charge is 0.348 e. The number of cyclic esters (lactones) is 2. The van der Waals surface area contributed by atoms with Crippen LogP contribution in [0.4, 0.5) is 10.1 Å².